The third-order valence-corrected chi connectivity index (χ3v) is 2.89. The molecule has 0 fully saturated rings. The van der Waals surface area contributed by atoms with Crippen LogP contribution in [0.4, 0.5) is 4.79 Å². The minimum Gasteiger partial charge on any atom is -0.351 e. The van der Waals surface area contributed by atoms with Crippen LogP contribution in [0.5, 0.6) is 0 Å². The Bertz CT molecular complexity index is 440. The van der Waals surface area contributed by atoms with Gasteiger partial charge in [0.1, 0.15) is 0 Å². The normalized spacial score (nSPS) is 16.0. The van der Waals surface area contributed by atoms with E-state index in [0.29, 0.717) is 6.54 Å². The first-order valence-corrected chi connectivity index (χ1v) is 6.05. The van der Waals surface area contributed by atoms with E-state index in [1.807, 2.05) is 18.2 Å². The Balaban J connectivity index is 1.94. The van der Waals surface area contributed by atoms with Crippen molar-refractivity contribution >= 4 is 11.7 Å². The summed E-state index contributed by atoms with van der Waals surface area (Å²) in [5.41, 5.74) is 2.56. The van der Waals surface area contributed by atoms with Crippen molar-refractivity contribution in [3.8, 4) is 0 Å². The molecule has 0 N–H and O–H groups in total. The van der Waals surface area contributed by atoms with Crippen LogP contribution in [0.1, 0.15) is 12.0 Å². The van der Waals surface area contributed by atoms with Crippen LogP contribution in [0.15, 0.2) is 36.4 Å². The van der Waals surface area contributed by atoms with Gasteiger partial charge in [0.25, 0.3) is 0 Å². The fourth-order valence-corrected chi connectivity index (χ4v) is 1.84. The van der Waals surface area contributed by atoms with Crippen molar-refractivity contribution in [2.45, 2.75) is 6.42 Å². The summed E-state index contributed by atoms with van der Waals surface area (Å²) in [4.78, 5) is 18.0. The summed E-state index contributed by atoms with van der Waals surface area (Å²) >= 11 is 0. The molecule has 0 saturated carbocycles. The Labute approximate surface area is 107 Å². The molecule has 0 atom stereocenters. The summed E-state index contributed by atoms with van der Waals surface area (Å²) in [6, 6.07) is 10.3. The van der Waals surface area contributed by atoms with Crippen LogP contribution in [0.2, 0.25) is 0 Å². The van der Waals surface area contributed by atoms with E-state index in [1.165, 1.54) is 16.0 Å². The number of hydroxylamine groups is 2. The first-order valence-electron chi connectivity index (χ1n) is 6.05. The van der Waals surface area contributed by atoms with Crippen molar-refractivity contribution in [2.24, 2.45) is 0 Å². The van der Waals surface area contributed by atoms with Crippen molar-refractivity contribution in [3.63, 3.8) is 0 Å². The molecule has 0 radical (unpaired) electrons. The average molecular weight is 246 g/mol. The lowest BCUT2D eigenvalue weighted by molar-refractivity contribution is -0.101. The highest BCUT2D eigenvalue weighted by molar-refractivity contribution is 5.68. The van der Waals surface area contributed by atoms with Crippen molar-refractivity contribution in [1.82, 2.24) is 9.96 Å². The summed E-state index contributed by atoms with van der Waals surface area (Å²) < 4.78 is 0. The number of rotatable bonds is 2. The average Bonchev–Trinajstić information content (AvgIpc) is 2.40. The van der Waals surface area contributed by atoms with E-state index in [0.717, 1.165) is 13.0 Å². The maximum atomic E-state index is 11.4. The van der Waals surface area contributed by atoms with E-state index in [1.54, 1.807) is 19.2 Å². The number of carbonyl (C=O) groups is 1. The van der Waals surface area contributed by atoms with E-state index in [2.05, 4.69) is 18.2 Å². The summed E-state index contributed by atoms with van der Waals surface area (Å²) in [5.74, 6) is 0. The fourth-order valence-electron chi connectivity index (χ4n) is 1.84. The van der Waals surface area contributed by atoms with E-state index in [4.69, 9.17) is 4.84 Å². The van der Waals surface area contributed by atoms with E-state index >= 15 is 0 Å². The van der Waals surface area contributed by atoms with Gasteiger partial charge in [-0.2, -0.15) is 0 Å². The Morgan fingerprint density at radius 3 is 2.56 bits per heavy atom. The monoisotopic (exact) mass is 246 g/mol. The minimum absolute atomic E-state index is 0.327. The summed E-state index contributed by atoms with van der Waals surface area (Å²) in [6.07, 6.45) is 2.68. The second kappa shape index (κ2) is 5.69. The van der Waals surface area contributed by atoms with Crippen molar-refractivity contribution in [2.75, 3.05) is 27.2 Å². The Morgan fingerprint density at radius 1 is 1.28 bits per heavy atom. The SMILES string of the molecule is CN(C)C(=O)ON1CC=C(c2ccccc2)CC1. The Morgan fingerprint density at radius 2 is 2.00 bits per heavy atom. The third kappa shape index (κ3) is 3.11. The van der Waals surface area contributed by atoms with Gasteiger partial charge < -0.3 is 9.74 Å². The molecule has 2 rings (SSSR count). The van der Waals surface area contributed by atoms with Gasteiger partial charge in [0.05, 0.1) is 6.54 Å². The van der Waals surface area contributed by atoms with Gasteiger partial charge in [-0.05, 0) is 17.6 Å². The van der Waals surface area contributed by atoms with Crippen LogP contribution in [-0.4, -0.2) is 43.2 Å². The molecule has 4 nitrogen and oxygen atoms in total. The maximum Gasteiger partial charge on any atom is 0.428 e. The molecule has 18 heavy (non-hydrogen) atoms. The fraction of sp³-hybridized carbons (Fsp3) is 0.357. The highest BCUT2D eigenvalue weighted by Crippen LogP contribution is 2.22. The molecule has 0 saturated heterocycles. The molecule has 1 aliphatic heterocycles. The zero-order valence-corrected chi connectivity index (χ0v) is 10.8. The lowest BCUT2D eigenvalue weighted by Crippen LogP contribution is -2.35. The summed E-state index contributed by atoms with van der Waals surface area (Å²) in [5, 5.41) is 1.69. The van der Waals surface area contributed by atoms with Gasteiger partial charge in [0.2, 0.25) is 0 Å². The molecule has 4 heteroatoms. The first-order chi connectivity index (χ1) is 8.66. The number of hydrogen-bond acceptors (Lipinski definition) is 3. The molecule has 0 spiro atoms. The zero-order chi connectivity index (χ0) is 13.0. The second-order valence-corrected chi connectivity index (χ2v) is 4.48. The van der Waals surface area contributed by atoms with Crippen molar-refractivity contribution < 1.29 is 9.63 Å². The van der Waals surface area contributed by atoms with Crippen LogP contribution < -0.4 is 0 Å². The third-order valence-electron chi connectivity index (χ3n) is 2.89. The van der Waals surface area contributed by atoms with Crippen LogP contribution >= 0.6 is 0 Å². The topological polar surface area (TPSA) is 32.8 Å². The molecule has 1 heterocycles. The molecule has 1 aliphatic rings. The van der Waals surface area contributed by atoms with Crippen LogP contribution in [0, 0.1) is 0 Å². The van der Waals surface area contributed by atoms with Gasteiger partial charge in [-0.3, -0.25) is 0 Å². The van der Waals surface area contributed by atoms with Gasteiger partial charge in [0.15, 0.2) is 0 Å². The molecule has 0 aromatic heterocycles. The minimum atomic E-state index is -0.327. The van der Waals surface area contributed by atoms with Gasteiger partial charge in [0, 0.05) is 20.6 Å². The lowest BCUT2D eigenvalue weighted by Gasteiger charge is -2.26. The number of carbonyl (C=O) groups excluding carboxylic acids is 1. The quantitative estimate of drug-likeness (QED) is 0.803. The predicted octanol–water partition coefficient (Wildman–Crippen LogP) is 2.39. The van der Waals surface area contributed by atoms with Crippen LogP contribution in [0.25, 0.3) is 5.57 Å². The molecular weight excluding hydrogens is 228 g/mol. The Kier molecular flexibility index (Phi) is 3.99. The molecular formula is C14H18N2O2. The standard InChI is InChI=1S/C14H18N2O2/c1-15(2)14(17)18-16-10-8-13(9-11-16)12-6-4-3-5-7-12/h3-8H,9-11H2,1-2H3. The molecule has 1 aromatic rings. The predicted molar refractivity (Wildman–Crippen MR) is 70.8 cm³/mol. The van der Waals surface area contributed by atoms with Gasteiger partial charge in [-0.1, -0.05) is 36.4 Å². The molecule has 1 amide bonds. The van der Waals surface area contributed by atoms with E-state index in [9.17, 15) is 4.79 Å². The van der Waals surface area contributed by atoms with Gasteiger partial charge in [-0.15, -0.1) is 5.06 Å². The molecule has 1 aromatic carbocycles. The molecule has 0 unspecified atom stereocenters. The van der Waals surface area contributed by atoms with Gasteiger partial charge >= 0.3 is 6.09 Å². The van der Waals surface area contributed by atoms with Crippen LogP contribution in [0.3, 0.4) is 0 Å². The Hall–Kier alpha value is -1.81. The summed E-state index contributed by atoms with van der Waals surface area (Å²) in [7, 11) is 3.36. The lowest BCUT2D eigenvalue weighted by atomic mass is 10.0. The number of amides is 1. The largest absolute Gasteiger partial charge is 0.428 e. The maximum absolute atomic E-state index is 11.4. The first kappa shape index (κ1) is 12.6. The molecule has 0 aliphatic carbocycles. The van der Waals surface area contributed by atoms with Crippen molar-refractivity contribution in [1.29, 1.82) is 0 Å². The molecule has 96 valence electrons. The highest BCUT2D eigenvalue weighted by Gasteiger charge is 2.17. The second-order valence-electron chi connectivity index (χ2n) is 4.48. The van der Waals surface area contributed by atoms with Crippen molar-refractivity contribution in [3.05, 3.63) is 42.0 Å². The summed E-state index contributed by atoms with van der Waals surface area (Å²) in [6.45, 7) is 1.38. The highest BCUT2D eigenvalue weighted by atomic mass is 16.7. The smallest absolute Gasteiger partial charge is 0.351 e. The van der Waals surface area contributed by atoms with Crippen LogP contribution in [-0.2, 0) is 4.84 Å². The zero-order valence-electron chi connectivity index (χ0n) is 10.8. The number of hydrogen-bond donors (Lipinski definition) is 0. The number of nitrogens with zero attached hydrogens (tertiary/aromatic N) is 2. The van der Waals surface area contributed by atoms with E-state index < -0.39 is 0 Å². The van der Waals surface area contributed by atoms with E-state index in [-0.39, 0.29) is 6.09 Å². The van der Waals surface area contributed by atoms with Gasteiger partial charge in [-0.25, -0.2) is 4.79 Å². The molecule has 0 bridgehead atoms. The number of benzene rings is 1.